The van der Waals surface area contributed by atoms with Crippen molar-refractivity contribution in [3.63, 3.8) is 0 Å². The van der Waals surface area contributed by atoms with Crippen LogP contribution in [0.2, 0.25) is 0 Å². The number of rotatable bonds is 0. The Morgan fingerprint density at radius 3 is 2.64 bits per heavy atom. The number of thiocarbonyl (C=S) groups is 2. The molecule has 0 amide bonds. The molecule has 2 N–H and O–H groups in total. The van der Waals surface area contributed by atoms with Crippen LogP contribution in [0.3, 0.4) is 0 Å². The molecule has 4 heteroatoms. The summed E-state index contributed by atoms with van der Waals surface area (Å²) in [6.45, 7) is 5.22. The molecule has 1 fully saturated rings. The first-order valence-corrected chi connectivity index (χ1v) is 4.39. The van der Waals surface area contributed by atoms with Crippen molar-refractivity contribution in [3.05, 3.63) is 0 Å². The van der Waals surface area contributed by atoms with Gasteiger partial charge in [0.25, 0.3) is 0 Å². The Kier molecular flexibility index (Phi) is 2.44. The fourth-order valence-electron chi connectivity index (χ4n) is 1.03. The molecule has 0 spiro atoms. The quantitative estimate of drug-likeness (QED) is 0.558. The fraction of sp³-hybridized carbons (Fsp3) is 0.714. The fourth-order valence-corrected chi connectivity index (χ4v) is 1.78. The van der Waals surface area contributed by atoms with E-state index in [-0.39, 0.29) is 5.41 Å². The molecule has 0 aromatic heterocycles. The standard InChI is InChI=1S/C7H12N2S2/c1-7(2)3-5(10)9-6(11)8-4-7/h3-4H2,1-2H3,(H2,8,9,10,11). The smallest absolute Gasteiger partial charge is 0.171 e. The molecular weight excluding hydrogens is 176 g/mol. The van der Waals surface area contributed by atoms with E-state index < -0.39 is 0 Å². The van der Waals surface area contributed by atoms with Gasteiger partial charge in [-0.05, 0) is 17.6 Å². The zero-order chi connectivity index (χ0) is 8.48. The molecule has 0 aromatic carbocycles. The summed E-state index contributed by atoms with van der Waals surface area (Å²) < 4.78 is 0. The highest BCUT2D eigenvalue weighted by molar-refractivity contribution is 7.81. The van der Waals surface area contributed by atoms with E-state index in [1.165, 1.54) is 0 Å². The topological polar surface area (TPSA) is 24.1 Å². The van der Waals surface area contributed by atoms with E-state index in [2.05, 4.69) is 24.5 Å². The van der Waals surface area contributed by atoms with Crippen molar-refractivity contribution < 1.29 is 0 Å². The number of nitrogens with one attached hydrogen (secondary N) is 2. The molecule has 1 rings (SSSR count). The average Bonchev–Trinajstić information content (AvgIpc) is 1.90. The van der Waals surface area contributed by atoms with E-state index in [0.717, 1.165) is 18.0 Å². The molecule has 0 atom stereocenters. The Hall–Kier alpha value is -0.220. The summed E-state index contributed by atoms with van der Waals surface area (Å²) in [6.07, 6.45) is 0.898. The van der Waals surface area contributed by atoms with Crippen LogP contribution in [0.4, 0.5) is 0 Å². The largest absolute Gasteiger partial charge is 0.362 e. The molecule has 0 radical (unpaired) electrons. The van der Waals surface area contributed by atoms with Gasteiger partial charge in [-0.2, -0.15) is 0 Å². The molecule has 11 heavy (non-hydrogen) atoms. The first kappa shape index (κ1) is 8.87. The molecular formula is C7H12N2S2. The summed E-state index contributed by atoms with van der Waals surface area (Å²) in [4.78, 5) is 0.838. The molecule has 1 saturated heterocycles. The van der Waals surface area contributed by atoms with E-state index in [0.29, 0.717) is 5.11 Å². The maximum absolute atomic E-state index is 5.08. The van der Waals surface area contributed by atoms with Crippen molar-refractivity contribution in [1.82, 2.24) is 10.6 Å². The second kappa shape index (κ2) is 3.03. The molecule has 1 aliphatic rings. The molecule has 0 unspecified atom stereocenters. The van der Waals surface area contributed by atoms with E-state index >= 15 is 0 Å². The molecule has 62 valence electrons. The normalized spacial score (nSPS) is 23.5. The van der Waals surface area contributed by atoms with Gasteiger partial charge in [0.05, 0.1) is 4.99 Å². The molecule has 0 bridgehead atoms. The van der Waals surface area contributed by atoms with Crippen molar-refractivity contribution in [3.8, 4) is 0 Å². The maximum atomic E-state index is 5.08. The van der Waals surface area contributed by atoms with E-state index in [1.807, 2.05) is 0 Å². The summed E-state index contributed by atoms with van der Waals surface area (Å²) in [5.41, 5.74) is 0.213. The van der Waals surface area contributed by atoms with E-state index in [4.69, 9.17) is 24.4 Å². The average molecular weight is 188 g/mol. The van der Waals surface area contributed by atoms with Crippen molar-refractivity contribution >= 4 is 34.5 Å². The third-order valence-corrected chi connectivity index (χ3v) is 2.11. The van der Waals surface area contributed by atoms with Crippen LogP contribution in [-0.4, -0.2) is 16.6 Å². The van der Waals surface area contributed by atoms with Gasteiger partial charge in [-0.1, -0.05) is 26.1 Å². The van der Waals surface area contributed by atoms with Crippen LogP contribution in [-0.2, 0) is 0 Å². The van der Waals surface area contributed by atoms with Crippen molar-refractivity contribution in [1.29, 1.82) is 0 Å². The molecule has 0 aliphatic carbocycles. The van der Waals surface area contributed by atoms with Gasteiger partial charge in [0.2, 0.25) is 0 Å². The second-order valence-electron chi connectivity index (χ2n) is 3.57. The SMILES string of the molecule is CC1(C)CNC(=S)NC(=S)C1. The highest BCUT2D eigenvalue weighted by atomic mass is 32.1. The van der Waals surface area contributed by atoms with Crippen LogP contribution < -0.4 is 10.6 Å². The first-order valence-electron chi connectivity index (χ1n) is 3.57. The minimum Gasteiger partial charge on any atom is -0.362 e. The predicted molar refractivity (Wildman–Crippen MR) is 54.7 cm³/mol. The third kappa shape index (κ3) is 2.71. The van der Waals surface area contributed by atoms with Gasteiger partial charge in [0.1, 0.15) is 0 Å². The highest BCUT2D eigenvalue weighted by Gasteiger charge is 2.23. The van der Waals surface area contributed by atoms with Gasteiger partial charge in [-0.15, -0.1) is 0 Å². The monoisotopic (exact) mass is 188 g/mol. The summed E-state index contributed by atoms with van der Waals surface area (Å²) in [6, 6.07) is 0. The van der Waals surface area contributed by atoms with Crippen LogP contribution in [0.5, 0.6) is 0 Å². The second-order valence-corrected chi connectivity index (χ2v) is 4.47. The summed E-state index contributed by atoms with van der Waals surface area (Å²) in [7, 11) is 0. The molecule has 1 heterocycles. The Balaban J connectivity index is 2.68. The molecule has 0 aromatic rings. The number of hydrogen-bond donors (Lipinski definition) is 2. The van der Waals surface area contributed by atoms with E-state index in [9.17, 15) is 0 Å². The van der Waals surface area contributed by atoms with Gasteiger partial charge < -0.3 is 10.6 Å². The van der Waals surface area contributed by atoms with Gasteiger partial charge >= 0.3 is 0 Å². The zero-order valence-corrected chi connectivity index (χ0v) is 8.36. The number of hydrogen-bond acceptors (Lipinski definition) is 2. The van der Waals surface area contributed by atoms with Crippen LogP contribution >= 0.6 is 24.4 Å². The Labute approximate surface area is 77.7 Å². The van der Waals surface area contributed by atoms with Gasteiger partial charge in [-0.3, -0.25) is 0 Å². The lowest BCUT2D eigenvalue weighted by molar-refractivity contribution is 0.385. The minimum atomic E-state index is 0.213. The molecule has 0 saturated carbocycles. The van der Waals surface area contributed by atoms with Crippen LogP contribution in [0.15, 0.2) is 0 Å². The lowest BCUT2D eigenvalue weighted by Crippen LogP contribution is -2.35. The van der Waals surface area contributed by atoms with Gasteiger partial charge in [-0.25, -0.2) is 0 Å². The Bertz CT molecular complexity index is 199. The van der Waals surface area contributed by atoms with Gasteiger partial charge in [0.15, 0.2) is 5.11 Å². The zero-order valence-electron chi connectivity index (χ0n) is 6.73. The van der Waals surface area contributed by atoms with Crippen molar-refractivity contribution in [2.24, 2.45) is 5.41 Å². The van der Waals surface area contributed by atoms with Crippen molar-refractivity contribution in [2.45, 2.75) is 20.3 Å². The predicted octanol–water partition coefficient (Wildman–Crippen LogP) is 1.21. The molecule has 2 nitrogen and oxygen atoms in total. The highest BCUT2D eigenvalue weighted by Crippen LogP contribution is 2.20. The minimum absolute atomic E-state index is 0.213. The summed E-state index contributed by atoms with van der Waals surface area (Å²) in [5, 5.41) is 6.70. The Morgan fingerprint density at radius 2 is 2.00 bits per heavy atom. The first-order chi connectivity index (χ1) is 4.99. The lowest BCUT2D eigenvalue weighted by atomic mass is 9.90. The maximum Gasteiger partial charge on any atom is 0.171 e. The third-order valence-electron chi connectivity index (χ3n) is 1.62. The summed E-state index contributed by atoms with van der Waals surface area (Å²) in [5.74, 6) is 0. The van der Waals surface area contributed by atoms with Gasteiger partial charge in [0, 0.05) is 13.0 Å². The summed E-state index contributed by atoms with van der Waals surface area (Å²) >= 11 is 10.0. The van der Waals surface area contributed by atoms with Crippen LogP contribution in [0, 0.1) is 5.41 Å². The van der Waals surface area contributed by atoms with Crippen LogP contribution in [0.1, 0.15) is 20.3 Å². The molecule has 1 aliphatic heterocycles. The Morgan fingerprint density at radius 1 is 1.36 bits per heavy atom. The van der Waals surface area contributed by atoms with Crippen LogP contribution in [0.25, 0.3) is 0 Å². The lowest BCUT2D eigenvalue weighted by Gasteiger charge is -2.20. The van der Waals surface area contributed by atoms with E-state index in [1.54, 1.807) is 0 Å². The van der Waals surface area contributed by atoms with Crippen molar-refractivity contribution in [2.75, 3.05) is 6.54 Å².